The molecule has 1 aromatic carbocycles. The molecule has 0 aliphatic rings. The lowest BCUT2D eigenvalue weighted by Crippen LogP contribution is -2.03. The van der Waals surface area contributed by atoms with Crippen LogP contribution in [0.4, 0.5) is 0 Å². The first-order valence-corrected chi connectivity index (χ1v) is 10.3. The Labute approximate surface area is 155 Å². The second-order valence-corrected chi connectivity index (χ2v) is 7.27. The van der Waals surface area contributed by atoms with Crippen LogP contribution in [0.3, 0.4) is 0 Å². The van der Waals surface area contributed by atoms with Crippen molar-refractivity contribution in [3.8, 4) is 5.75 Å². The van der Waals surface area contributed by atoms with Gasteiger partial charge in [0.1, 0.15) is 5.75 Å². The smallest absolute Gasteiger partial charge is 0.191 e. The van der Waals surface area contributed by atoms with Crippen LogP contribution < -0.4 is 4.74 Å². The van der Waals surface area contributed by atoms with Crippen molar-refractivity contribution < 1.29 is 9.53 Å². The van der Waals surface area contributed by atoms with E-state index in [0.717, 1.165) is 18.6 Å². The molecule has 0 fully saturated rings. The number of Topliss-reactive ketones (excluding diaryl/α,β-unsaturated/α-hetero) is 1. The molecule has 0 saturated heterocycles. The van der Waals surface area contributed by atoms with Crippen molar-refractivity contribution in [2.75, 3.05) is 6.61 Å². The number of benzene rings is 1. The molecular formula is C21H29NO2S. The zero-order valence-electron chi connectivity index (χ0n) is 15.2. The lowest BCUT2D eigenvalue weighted by atomic mass is 10.0. The average molecular weight is 360 g/mol. The lowest BCUT2D eigenvalue weighted by Gasteiger charge is -2.07. The summed E-state index contributed by atoms with van der Waals surface area (Å²) < 4.78 is 5.73. The second kappa shape index (κ2) is 11.8. The maximum Gasteiger partial charge on any atom is 0.191 e. The van der Waals surface area contributed by atoms with Gasteiger partial charge in [-0.05, 0) is 37.0 Å². The number of aromatic nitrogens is 1. The summed E-state index contributed by atoms with van der Waals surface area (Å²) in [6, 6.07) is 8.38. The first-order valence-electron chi connectivity index (χ1n) is 9.44. The molecule has 3 nitrogen and oxygen atoms in total. The highest BCUT2D eigenvalue weighted by Gasteiger charge is 2.07. The van der Waals surface area contributed by atoms with Gasteiger partial charge in [-0.1, -0.05) is 51.2 Å². The van der Waals surface area contributed by atoms with Crippen molar-refractivity contribution >= 4 is 17.1 Å². The molecule has 0 unspecified atom stereocenters. The zero-order valence-corrected chi connectivity index (χ0v) is 16.0. The van der Waals surface area contributed by atoms with Crippen LogP contribution in [0.2, 0.25) is 0 Å². The summed E-state index contributed by atoms with van der Waals surface area (Å²) in [6.45, 7) is 2.82. The Morgan fingerprint density at radius 3 is 2.52 bits per heavy atom. The number of thiazole rings is 1. The lowest BCUT2D eigenvalue weighted by molar-refractivity contribution is 0.0973. The van der Waals surface area contributed by atoms with Gasteiger partial charge < -0.3 is 4.74 Å². The van der Waals surface area contributed by atoms with Crippen LogP contribution in [0, 0.1) is 0 Å². The Kier molecular flexibility index (Phi) is 9.27. The maximum atomic E-state index is 11.8. The fourth-order valence-corrected chi connectivity index (χ4v) is 3.36. The quantitative estimate of drug-likeness (QED) is 0.321. The van der Waals surface area contributed by atoms with Crippen molar-refractivity contribution in [1.29, 1.82) is 0 Å². The summed E-state index contributed by atoms with van der Waals surface area (Å²) in [5.74, 6) is 0.987. The van der Waals surface area contributed by atoms with Gasteiger partial charge in [0.2, 0.25) is 0 Å². The van der Waals surface area contributed by atoms with Gasteiger partial charge in [0, 0.05) is 18.0 Å². The molecule has 0 saturated carbocycles. The predicted octanol–water partition coefficient (Wildman–Crippen LogP) is 6.09. The molecule has 2 rings (SSSR count). The van der Waals surface area contributed by atoms with Crippen molar-refractivity contribution in [2.24, 2.45) is 0 Å². The van der Waals surface area contributed by atoms with E-state index >= 15 is 0 Å². The number of hydrogen-bond acceptors (Lipinski definition) is 4. The van der Waals surface area contributed by atoms with Crippen LogP contribution in [-0.2, 0) is 6.42 Å². The summed E-state index contributed by atoms with van der Waals surface area (Å²) >= 11 is 1.40. The number of ether oxygens (including phenoxy) is 1. The number of ketones is 1. The van der Waals surface area contributed by atoms with Gasteiger partial charge in [-0.3, -0.25) is 4.79 Å². The van der Waals surface area contributed by atoms with Gasteiger partial charge in [0.05, 0.1) is 6.61 Å². The zero-order chi connectivity index (χ0) is 17.7. The first kappa shape index (κ1) is 19.6. The highest BCUT2D eigenvalue weighted by atomic mass is 32.1. The van der Waals surface area contributed by atoms with E-state index in [4.69, 9.17) is 4.74 Å². The molecule has 4 heteroatoms. The minimum Gasteiger partial charge on any atom is -0.494 e. The number of hydrogen-bond donors (Lipinski definition) is 0. The largest absolute Gasteiger partial charge is 0.494 e. The standard InChI is InChI=1S/C21H29NO2S/c1-2-3-4-5-6-7-9-18-11-13-19(14-12-18)24-16-8-10-20(23)21-22-15-17-25-21/h11-15,17H,2-10,16H2,1H3. The van der Waals surface area contributed by atoms with Crippen LogP contribution in [0.25, 0.3) is 0 Å². The van der Waals surface area contributed by atoms with Crippen molar-refractivity contribution in [3.05, 3.63) is 46.4 Å². The Morgan fingerprint density at radius 1 is 1.04 bits per heavy atom. The van der Waals surface area contributed by atoms with Gasteiger partial charge in [-0.2, -0.15) is 0 Å². The Balaban J connectivity index is 1.57. The summed E-state index contributed by atoms with van der Waals surface area (Å²) in [7, 11) is 0. The number of unbranched alkanes of at least 4 members (excludes halogenated alkanes) is 5. The van der Waals surface area contributed by atoms with E-state index in [0.29, 0.717) is 18.0 Å². The number of rotatable bonds is 13. The van der Waals surface area contributed by atoms with Gasteiger partial charge in [-0.15, -0.1) is 11.3 Å². The molecule has 0 N–H and O–H groups in total. The third kappa shape index (κ3) is 7.82. The van der Waals surface area contributed by atoms with Crippen molar-refractivity contribution in [3.63, 3.8) is 0 Å². The molecule has 1 aromatic heterocycles. The van der Waals surface area contributed by atoms with Gasteiger partial charge in [0.15, 0.2) is 10.8 Å². The topological polar surface area (TPSA) is 39.2 Å². The third-order valence-corrected chi connectivity index (χ3v) is 5.04. The van der Waals surface area contributed by atoms with Crippen LogP contribution in [0.15, 0.2) is 35.8 Å². The molecule has 0 spiro atoms. The van der Waals surface area contributed by atoms with E-state index in [1.54, 1.807) is 6.20 Å². The van der Waals surface area contributed by atoms with Crippen LogP contribution in [-0.4, -0.2) is 17.4 Å². The summed E-state index contributed by atoms with van der Waals surface area (Å²) in [5, 5.41) is 2.43. The molecule has 0 aliphatic carbocycles. The molecule has 1 heterocycles. The van der Waals surface area contributed by atoms with E-state index < -0.39 is 0 Å². The third-order valence-electron chi connectivity index (χ3n) is 4.23. The van der Waals surface area contributed by atoms with Crippen LogP contribution in [0.1, 0.15) is 73.7 Å². The normalized spacial score (nSPS) is 10.8. The summed E-state index contributed by atoms with van der Waals surface area (Å²) in [6.07, 6.45) is 12.0. The van der Waals surface area contributed by atoms with Gasteiger partial charge in [-0.25, -0.2) is 4.98 Å². The molecule has 2 aromatic rings. The fourth-order valence-electron chi connectivity index (χ4n) is 2.75. The minimum atomic E-state index is 0.105. The predicted molar refractivity (Wildman–Crippen MR) is 105 cm³/mol. The van der Waals surface area contributed by atoms with Crippen molar-refractivity contribution in [2.45, 2.75) is 64.7 Å². The number of carbonyl (C=O) groups is 1. The van der Waals surface area contributed by atoms with Crippen LogP contribution in [0.5, 0.6) is 5.75 Å². The Bertz CT molecular complexity index is 593. The fraction of sp³-hybridized carbons (Fsp3) is 0.524. The van der Waals surface area contributed by atoms with E-state index in [-0.39, 0.29) is 5.78 Å². The van der Waals surface area contributed by atoms with E-state index in [1.165, 1.54) is 55.4 Å². The first-order chi connectivity index (χ1) is 12.3. The van der Waals surface area contributed by atoms with E-state index in [1.807, 2.05) is 17.5 Å². The van der Waals surface area contributed by atoms with E-state index in [2.05, 4.69) is 24.0 Å². The van der Waals surface area contributed by atoms with Crippen molar-refractivity contribution in [1.82, 2.24) is 4.98 Å². The molecule has 0 aliphatic heterocycles. The molecule has 136 valence electrons. The molecule has 0 atom stereocenters. The highest BCUT2D eigenvalue weighted by molar-refractivity contribution is 7.11. The Morgan fingerprint density at radius 2 is 1.80 bits per heavy atom. The molecule has 0 bridgehead atoms. The minimum absolute atomic E-state index is 0.105. The number of nitrogens with zero attached hydrogens (tertiary/aromatic N) is 1. The molecule has 0 amide bonds. The molecular weight excluding hydrogens is 330 g/mol. The highest BCUT2D eigenvalue weighted by Crippen LogP contribution is 2.16. The summed E-state index contributed by atoms with van der Waals surface area (Å²) in [4.78, 5) is 15.9. The van der Waals surface area contributed by atoms with E-state index in [9.17, 15) is 4.79 Å². The molecule has 0 radical (unpaired) electrons. The van der Waals surface area contributed by atoms with Gasteiger partial charge in [0.25, 0.3) is 0 Å². The number of carbonyl (C=O) groups excluding carboxylic acids is 1. The monoisotopic (exact) mass is 359 g/mol. The van der Waals surface area contributed by atoms with Gasteiger partial charge >= 0.3 is 0 Å². The second-order valence-electron chi connectivity index (χ2n) is 6.37. The summed E-state index contributed by atoms with van der Waals surface area (Å²) in [5.41, 5.74) is 1.38. The Hall–Kier alpha value is -1.68. The van der Waals surface area contributed by atoms with Crippen LogP contribution >= 0.6 is 11.3 Å². The maximum absolute atomic E-state index is 11.8. The SMILES string of the molecule is CCCCCCCCc1ccc(OCCCC(=O)c2nccs2)cc1. The number of aryl methyl sites for hydroxylation is 1. The molecule has 25 heavy (non-hydrogen) atoms. The average Bonchev–Trinajstić information content (AvgIpc) is 3.17.